The number of hydrogen-bond donors (Lipinski definition) is 1. The molecular formula is C20H25N3O. The van der Waals surface area contributed by atoms with Gasteiger partial charge in [-0.25, -0.2) is 0 Å². The molecule has 1 aromatic carbocycles. The second kappa shape index (κ2) is 7.58. The summed E-state index contributed by atoms with van der Waals surface area (Å²) in [5.74, 6) is -0.329. The fourth-order valence-corrected chi connectivity index (χ4v) is 3.66. The highest BCUT2D eigenvalue weighted by atomic mass is 16.1. The standard InChI is InChI=1S/C20H25N3O/c21-19(24)20(17-9-3-1-4-10-17,18-11-5-6-13-22-18)12-16-23-14-7-2-8-15-23/h1,3-6,9-11,13H,2,7-8,12,14-16H2,(H2,21,24). The number of pyridine rings is 1. The zero-order valence-electron chi connectivity index (χ0n) is 14.0. The van der Waals surface area contributed by atoms with Crippen molar-refractivity contribution in [2.24, 2.45) is 5.73 Å². The second-order valence-corrected chi connectivity index (χ2v) is 6.50. The molecule has 1 fully saturated rings. The molecule has 1 aromatic heterocycles. The normalized spacial score (nSPS) is 18.0. The van der Waals surface area contributed by atoms with Crippen LogP contribution in [-0.4, -0.2) is 35.4 Å². The van der Waals surface area contributed by atoms with E-state index in [1.807, 2.05) is 48.5 Å². The summed E-state index contributed by atoms with van der Waals surface area (Å²) in [6, 6.07) is 15.5. The van der Waals surface area contributed by atoms with Gasteiger partial charge < -0.3 is 10.6 Å². The van der Waals surface area contributed by atoms with Gasteiger partial charge in [0.1, 0.15) is 5.41 Å². The van der Waals surface area contributed by atoms with Gasteiger partial charge in [-0.05, 0) is 56.6 Å². The lowest BCUT2D eigenvalue weighted by Gasteiger charge is -2.34. The molecule has 24 heavy (non-hydrogen) atoms. The van der Waals surface area contributed by atoms with Crippen LogP contribution in [0.5, 0.6) is 0 Å². The molecule has 4 heteroatoms. The molecule has 1 unspecified atom stereocenters. The van der Waals surface area contributed by atoms with E-state index in [-0.39, 0.29) is 5.91 Å². The number of benzene rings is 1. The van der Waals surface area contributed by atoms with Crippen LogP contribution in [0.25, 0.3) is 0 Å². The molecule has 0 spiro atoms. The Labute approximate surface area is 143 Å². The minimum Gasteiger partial charge on any atom is -0.369 e. The summed E-state index contributed by atoms with van der Waals surface area (Å²) in [4.78, 5) is 19.6. The van der Waals surface area contributed by atoms with Gasteiger partial charge in [0.25, 0.3) is 0 Å². The lowest BCUT2D eigenvalue weighted by atomic mass is 9.73. The Bertz CT molecular complexity index is 612. The van der Waals surface area contributed by atoms with E-state index in [4.69, 9.17) is 5.73 Å². The number of nitrogens with two attached hydrogens (primary N) is 1. The summed E-state index contributed by atoms with van der Waals surface area (Å²) in [6.07, 6.45) is 6.16. The maximum atomic E-state index is 12.7. The molecule has 0 saturated carbocycles. The van der Waals surface area contributed by atoms with Crippen LogP contribution in [0, 0.1) is 0 Å². The smallest absolute Gasteiger partial charge is 0.234 e. The predicted molar refractivity (Wildman–Crippen MR) is 95.6 cm³/mol. The first-order valence-corrected chi connectivity index (χ1v) is 8.73. The Balaban J connectivity index is 1.97. The molecule has 3 rings (SSSR count). The summed E-state index contributed by atoms with van der Waals surface area (Å²) in [6.45, 7) is 3.06. The van der Waals surface area contributed by atoms with E-state index >= 15 is 0 Å². The molecule has 1 aliphatic heterocycles. The summed E-state index contributed by atoms with van der Waals surface area (Å²) in [5, 5.41) is 0. The van der Waals surface area contributed by atoms with E-state index in [9.17, 15) is 4.79 Å². The number of rotatable bonds is 6. The number of aromatic nitrogens is 1. The summed E-state index contributed by atoms with van der Waals surface area (Å²) < 4.78 is 0. The number of primary amides is 1. The lowest BCUT2D eigenvalue weighted by molar-refractivity contribution is -0.122. The molecule has 1 amide bonds. The Morgan fingerprint density at radius 2 is 1.75 bits per heavy atom. The van der Waals surface area contributed by atoms with Crippen molar-refractivity contribution >= 4 is 5.91 Å². The highest BCUT2D eigenvalue weighted by molar-refractivity contribution is 5.90. The van der Waals surface area contributed by atoms with E-state index in [1.165, 1.54) is 19.3 Å². The van der Waals surface area contributed by atoms with Crippen LogP contribution in [0.3, 0.4) is 0 Å². The van der Waals surface area contributed by atoms with Crippen molar-refractivity contribution in [1.29, 1.82) is 0 Å². The van der Waals surface area contributed by atoms with Crippen LogP contribution in [0.2, 0.25) is 0 Å². The minimum atomic E-state index is -0.875. The molecule has 126 valence electrons. The lowest BCUT2D eigenvalue weighted by Crippen LogP contribution is -2.46. The number of likely N-dealkylation sites (tertiary alicyclic amines) is 1. The SMILES string of the molecule is NC(=O)C(CCN1CCCCC1)(c1ccccc1)c1ccccn1. The average Bonchev–Trinajstić information content (AvgIpc) is 2.65. The summed E-state index contributed by atoms with van der Waals surface area (Å²) in [7, 11) is 0. The number of amides is 1. The summed E-state index contributed by atoms with van der Waals surface area (Å²) >= 11 is 0. The highest BCUT2D eigenvalue weighted by Gasteiger charge is 2.41. The molecule has 1 atom stereocenters. The fraction of sp³-hybridized carbons (Fsp3) is 0.400. The van der Waals surface area contributed by atoms with Gasteiger partial charge >= 0.3 is 0 Å². The Morgan fingerprint density at radius 3 is 2.38 bits per heavy atom. The van der Waals surface area contributed by atoms with E-state index in [1.54, 1.807) is 6.20 Å². The molecule has 0 bridgehead atoms. The number of piperidine rings is 1. The Morgan fingerprint density at radius 1 is 1.04 bits per heavy atom. The predicted octanol–water partition coefficient (Wildman–Crippen LogP) is 2.73. The van der Waals surface area contributed by atoms with Crippen LogP contribution in [0.1, 0.15) is 36.9 Å². The summed E-state index contributed by atoms with van der Waals surface area (Å²) in [5.41, 5.74) is 6.74. The molecule has 2 heterocycles. The van der Waals surface area contributed by atoms with Crippen LogP contribution < -0.4 is 5.73 Å². The van der Waals surface area contributed by atoms with Gasteiger partial charge in [-0.1, -0.05) is 42.8 Å². The maximum Gasteiger partial charge on any atom is 0.234 e. The number of nitrogens with zero attached hydrogens (tertiary/aromatic N) is 2. The van der Waals surface area contributed by atoms with Crippen molar-refractivity contribution in [3.8, 4) is 0 Å². The van der Waals surface area contributed by atoms with Crippen molar-refractivity contribution < 1.29 is 4.79 Å². The van der Waals surface area contributed by atoms with E-state index in [0.29, 0.717) is 6.42 Å². The highest BCUT2D eigenvalue weighted by Crippen LogP contribution is 2.35. The van der Waals surface area contributed by atoms with Gasteiger partial charge in [0.05, 0.1) is 5.69 Å². The van der Waals surface area contributed by atoms with Crippen LogP contribution in [-0.2, 0) is 10.2 Å². The fourth-order valence-electron chi connectivity index (χ4n) is 3.66. The van der Waals surface area contributed by atoms with Crippen molar-refractivity contribution in [3.05, 3.63) is 66.0 Å². The zero-order chi connectivity index (χ0) is 16.8. The monoisotopic (exact) mass is 323 g/mol. The molecule has 4 nitrogen and oxygen atoms in total. The van der Waals surface area contributed by atoms with Gasteiger partial charge in [-0.2, -0.15) is 0 Å². The van der Waals surface area contributed by atoms with Crippen molar-refractivity contribution in [3.63, 3.8) is 0 Å². The number of carbonyl (C=O) groups is 1. The van der Waals surface area contributed by atoms with Gasteiger partial charge in [0.15, 0.2) is 0 Å². The topological polar surface area (TPSA) is 59.2 Å². The molecule has 0 radical (unpaired) electrons. The van der Waals surface area contributed by atoms with Gasteiger partial charge in [0.2, 0.25) is 5.91 Å². The van der Waals surface area contributed by atoms with Gasteiger partial charge in [-0.3, -0.25) is 9.78 Å². The minimum absolute atomic E-state index is 0.329. The number of carbonyl (C=O) groups excluding carboxylic acids is 1. The van der Waals surface area contributed by atoms with Crippen LogP contribution in [0.15, 0.2) is 54.7 Å². The Kier molecular flexibility index (Phi) is 5.26. The molecule has 2 N–H and O–H groups in total. The van der Waals surface area contributed by atoms with E-state index in [0.717, 1.165) is 30.9 Å². The van der Waals surface area contributed by atoms with Crippen LogP contribution >= 0.6 is 0 Å². The zero-order valence-corrected chi connectivity index (χ0v) is 14.0. The van der Waals surface area contributed by atoms with Crippen molar-refractivity contribution in [2.45, 2.75) is 31.1 Å². The molecule has 2 aromatic rings. The van der Waals surface area contributed by atoms with E-state index < -0.39 is 5.41 Å². The largest absolute Gasteiger partial charge is 0.369 e. The molecule has 1 saturated heterocycles. The average molecular weight is 323 g/mol. The third-order valence-corrected chi connectivity index (χ3v) is 5.04. The third kappa shape index (κ3) is 3.34. The Hall–Kier alpha value is -2.20. The first kappa shape index (κ1) is 16.7. The first-order chi connectivity index (χ1) is 11.7. The van der Waals surface area contributed by atoms with Gasteiger partial charge in [-0.15, -0.1) is 0 Å². The first-order valence-electron chi connectivity index (χ1n) is 8.73. The maximum absolute atomic E-state index is 12.7. The second-order valence-electron chi connectivity index (χ2n) is 6.50. The quantitative estimate of drug-likeness (QED) is 0.889. The molecule has 0 aliphatic carbocycles. The van der Waals surface area contributed by atoms with Gasteiger partial charge in [0, 0.05) is 6.20 Å². The van der Waals surface area contributed by atoms with Crippen molar-refractivity contribution in [2.75, 3.05) is 19.6 Å². The van der Waals surface area contributed by atoms with E-state index in [2.05, 4.69) is 9.88 Å². The third-order valence-electron chi connectivity index (χ3n) is 5.04. The molecular weight excluding hydrogens is 298 g/mol. The molecule has 1 aliphatic rings. The van der Waals surface area contributed by atoms with Crippen LogP contribution in [0.4, 0.5) is 0 Å². The van der Waals surface area contributed by atoms with Crippen molar-refractivity contribution in [1.82, 2.24) is 9.88 Å². The number of hydrogen-bond acceptors (Lipinski definition) is 3.